The number of rotatable bonds is 3. The van der Waals surface area contributed by atoms with E-state index in [1.165, 1.54) is 18.2 Å². The van der Waals surface area contributed by atoms with Crippen molar-refractivity contribution in [1.29, 1.82) is 0 Å². The monoisotopic (exact) mass is 404 g/mol. The predicted molar refractivity (Wildman–Crippen MR) is 97.8 cm³/mol. The Hall–Kier alpha value is -2.21. The molecular weight excluding hydrogens is 387 g/mol. The molecule has 1 heterocycles. The van der Waals surface area contributed by atoms with Gasteiger partial charge in [-0.3, -0.25) is 9.59 Å². The van der Waals surface area contributed by atoms with Crippen LogP contribution in [0.3, 0.4) is 0 Å². The van der Waals surface area contributed by atoms with Crippen molar-refractivity contribution in [2.75, 3.05) is 18.4 Å². The molecule has 1 saturated heterocycles. The summed E-state index contributed by atoms with van der Waals surface area (Å²) in [7, 11) is 0. The van der Waals surface area contributed by atoms with Crippen LogP contribution in [-0.4, -0.2) is 29.8 Å². The van der Waals surface area contributed by atoms with E-state index in [-0.39, 0.29) is 23.5 Å². The molecule has 0 saturated carbocycles. The predicted octanol–water partition coefficient (Wildman–Crippen LogP) is 4.08. The van der Waals surface area contributed by atoms with Crippen LogP contribution < -0.4 is 5.32 Å². The summed E-state index contributed by atoms with van der Waals surface area (Å²) in [5, 5.41) is 2.91. The van der Waals surface area contributed by atoms with Crippen molar-refractivity contribution in [2.24, 2.45) is 5.92 Å². The molecule has 1 fully saturated rings. The summed E-state index contributed by atoms with van der Waals surface area (Å²) < 4.78 is 13.6. The molecule has 2 aromatic carbocycles. The van der Waals surface area contributed by atoms with Crippen molar-refractivity contribution >= 4 is 33.4 Å². The maximum atomic E-state index is 13.2. The third-order valence-electron chi connectivity index (χ3n) is 4.36. The average molecular weight is 405 g/mol. The van der Waals surface area contributed by atoms with E-state index in [4.69, 9.17) is 0 Å². The molecule has 1 aliphatic rings. The number of hydrogen-bond acceptors (Lipinski definition) is 2. The highest BCUT2D eigenvalue weighted by Crippen LogP contribution is 2.24. The highest BCUT2D eigenvalue weighted by Gasteiger charge is 2.28. The standard InChI is InChI=1S/C19H18BrFN2O2/c20-17-12-14(21)6-7-16(17)19(25)23-10-8-13(9-11-23)18(24)22-15-4-2-1-3-5-15/h1-7,12-13H,8-11H2,(H,22,24). The van der Waals surface area contributed by atoms with Gasteiger partial charge in [0.1, 0.15) is 5.82 Å². The lowest BCUT2D eigenvalue weighted by molar-refractivity contribution is -0.121. The second kappa shape index (κ2) is 7.78. The first-order chi connectivity index (χ1) is 12.0. The molecule has 0 radical (unpaired) electrons. The Balaban J connectivity index is 1.58. The molecule has 130 valence electrons. The van der Waals surface area contributed by atoms with Crippen LogP contribution in [0.2, 0.25) is 0 Å². The number of carbonyl (C=O) groups is 2. The van der Waals surface area contributed by atoms with Crippen LogP contribution in [-0.2, 0) is 4.79 Å². The zero-order valence-corrected chi connectivity index (χ0v) is 15.1. The van der Waals surface area contributed by atoms with Gasteiger partial charge < -0.3 is 10.2 Å². The molecule has 0 aromatic heterocycles. The van der Waals surface area contributed by atoms with Gasteiger partial charge in [-0.1, -0.05) is 18.2 Å². The Labute approximate surface area is 154 Å². The summed E-state index contributed by atoms with van der Waals surface area (Å²) in [5.41, 5.74) is 1.22. The number of halogens is 2. The fourth-order valence-electron chi connectivity index (χ4n) is 2.94. The van der Waals surface area contributed by atoms with Gasteiger partial charge in [-0.05, 0) is 59.1 Å². The van der Waals surface area contributed by atoms with E-state index in [1.807, 2.05) is 30.3 Å². The normalized spacial score (nSPS) is 15.0. The second-order valence-electron chi connectivity index (χ2n) is 6.05. The molecule has 0 bridgehead atoms. The Morgan fingerprint density at radius 3 is 2.40 bits per heavy atom. The molecule has 6 heteroatoms. The van der Waals surface area contributed by atoms with E-state index in [9.17, 15) is 14.0 Å². The minimum absolute atomic E-state index is 0.0127. The maximum absolute atomic E-state index is 13.2. The first kappa shape index (κ1) is 17.6. The van der Waals surface area contributed by atoms with Crippen molar-refractivity contribution in [2.45, 2.75) is 12.8 Å². The number of para-hydroxylation sites is 1. The fourth-order valence-corrected chi connectivity index (χ4v) is 3.46. The molecule has 4 nitrogen and oxygen atoms in total. The summed E-state index contributed by atoms with van der Waals surface area (Å²) in [5.74, 6) is -0.657. The van der Waals surface area contributed by atoms with Crippen molar-refractivity contribution in [3.8, 4) is 0 Å². The Morgan fingerprint density at radius 2 is 1.76 bits per heavy atom. The van der Waals surface area contributed by atoms with Crippen molar-refractivity contribution < 1.29 is 14.0 Å². The highest BCUT2D eigenvalue weighted by atomic mass is 79.9. The molecular formula is C19H18BrFN2O2. The van der Waals surface area contributed by atoms with Crippen molar-refractivity contribution in [1.82, 2.24) is 4.90 Å². The van der Waals surface area contributed by atoms with Crippen LogP contribution in [0.4, 0.5) is 10.1 Å². The van der Waals surface area contributed by atoms with E-state index < -0.39 is 0 Å². The quantitative estimate of drug-likeness (QED) is 0.837. The van der Waals surface area contributed by atoms with Crippen LogP contribution in [0.15, 0.2) is 53.0 Å². The highest BCUT2D eigenvalue weighted by molar-refractivity contribution is 9.10. The summed E-state index contributed by atoms with van der Waals surface area (Å²) in [4.78, 5) is 26.6. The topological polar surface area (TPSA) is 49.4 Å². The summed E-state index contributed by atoms with van der Waals surface area (Å²) in [6.07, 6.45) is 1.23. The first-order valence-corrected chi connectivity index (χ1v) is 8.94. The van der Waals surface area contributed by atoms with Crippen LogP contribution in [0, 0.1) is 11.7 Å². The number of nitrogens with one attached hydrogen (secondary N) is 1. The first-order valence-electron chi connectivity index (χ1n) is 8.15. The van der Waals surface area contributed by atoms with Crippen molar-refractivity contribution in [3.63, 3.8) is 0 Å². The number of piperidine rings is 1. The van der Waals surface area contributed by atoms with Crippen LogP contribution >= 0.6 is 15.9 Å². The average Bonchev–Trinajstić information content (AvgIpc) is 2.62. The minimum Gasteiger partial charge on any atom is -0.339 e. The molecule has 0 atom stereocenters. The lowest BCUT2D eigenvalue weighted by atomic mass is 9.95. The third-order valence-corrected chi connectivity index (χ3v) is 5.01. The summed E-state index contributed by atoms with van der Waals surface area (Å²) in [6.45, 7) is 1.02. The van der Waals surface area contributed by atoms with Crippen LogP contribution in [0.5, 0.6) is 0 Å². The number of likely N-dealkylation sites (tertiary alicyclic amines) is 1. The third kappa shape index (κ3) is 4.25. The molecule has 25 heavy (non-hydrogen) atoms. The van der Waals surface area contributed by atoms with Gasteiger partial charge in [-0.25, -0.2) is 4.39 Å². The largest absolute Gasteiger partial charge is 0.339 e. The second-order valence-corrected chi connectivity index (χ2v) is 6.90. The van der Waals surface area contributed by atoms with E-state index in [1.54, 1.807) is 4.90 Å². The van der Waals surface area contributed by atoms with Gasteiger partial charge in [0.15, 0.2) is 0 Å². The van der Waals surface area contributed by atoms with Gasteiger partial charge in [0, 0.05) is 29.2 Å². The van der Waals surface area contributed by atoms with E-state index in [0.717, 1.165) is 5.69 Å². The molecule has 2 amide bonds. The van der Waals surface area contributed by atoms with Crippen LogP contribution in [0.1, 0.15) is 23.2 Å². The number of hydrogen-bond donors (Lipinski definition) is 1. The van der Waals surface area contributed by atoms with Gasteiger partial charge >= 0.3 is 0 Å². The molecule has 0 unspecified atom stereocenters. The van der Waals surface area contributed by atoms with Gasteiger partial charge in [-0.2, -0.15) is 0 Å². The Kier molecular flexibility index (Phi) is 5.48. The fraction of sp³-hybridized carbons (Fsp3) is 0.263. The van der Waals surface area contributed by atoms with Gasteiger partial charge in [-0.15, -0.1) is 0 Å². The lowest BCUT2D eigenvalue weighted by Crippen LogP contribution is -2.41. The molecule has 1 N–H and O–H groups in total. The molecule has 0 aliphatic carbocycles. The molecule has 1 aliphatic heterocycles. The van der Waals surface area contributed by atoms with Gasteiger partial charge in [0.2, 0.25) is 5.91 Å². The lowest BCUT2D eigenvalue weighted by Gasteiger charge is -2.31. The summed E-state index contributed by atoms with van der Waals surface area (Å²) in [6, 6.07) is 13.4. The minimum atomic E-state index is -0.389. The maximum Gasteiger partial charge on any atom is 0.255 e. The summed E-state index contributed by atoms with van der Waals surface area (Å²) >= 11 is 3.23. The number of carbonyl (C=O) groups excluding carboxylic acids is 2. The number of anilines is 1. The zero-order valence-electron chi connectivity index (χ0n) is 13.5. The van der Waals surface area contributed by atoms with Crippen molar-refractivity contribution in [3.05, 3.63) is 64.4 Å². The molecule has 2 aromatic rings. The van der Waals surface area contributed by atoms with E-state index in [2.05, 4.69) is 21.2 Å². The Morgan fingerprint density at radius 1 is 1.08 bits per heavy atom. The molecule has 0 spiro atoms. The van der Waals surface area contributed by atoms with E-state index >= 15 is 0 Å². The van der Waals surface area contributed by atoms with E-state index in [0.29, 0.717) is 36.0 Å². The van der Waals surface area contributed by atoms with Gasteiger partial charge in [0.05, 0.1) is 5.56 Å². The number of nitrogens with zero attached hydrogens (tertiary/aromatic N) is 1. The SMILES string of the molecule is O=C(Nc1ccccc1)C1CCN(C(=O)c2ccc(F)cc2Br)CC1. The molecule has 3 rings (SSSR count). The smallest absolute Gasteiger partial charge is 0.255 e. The number of amides is 2. The number of benzene rings is 2. The van der Waals surface area contributed by atoms with Gasteiger partial charge in [0.25, 0.3) is 5.91 Å². The zero-order chi connectivity index (χ0) is 17.8. The Bertz CT molecular complexity index is 774. The van der Waals surface area contributed by atoms with Crippen LogP contribution in [0.25, 0.3) is 0 Å².